The molecular weight excluding hydrogens is 371 g/mol. The average Bonchev–Trinajstić information content (AvgIpc) is 3.11. The van der Waals surface area contributed by atoms with Crippen molar-refractivity contribution in [3.8, 4) is 0 Å². The van der Waals surface area contributed by atoms with Gasteiger partial charge in [-0.3, -0.25) is 19.7 Å². The number of carbonyl (C=O) groups excluding carboxylic acids is 2. The van der Waals surface area contributed by atoms with Crippen molar-refractivity contribution >= 4 is 28.6 Å². The summed E-state index contributed by atoms with van der Waals surface area (Å²) in [5.74, 6) is -1.31. The summed E-state index contributed by atoms with van der Waals surface area (Å²) in [4.78, 5) is 34.0. The number of allylic oxidation sites excluding steroid dienone is 2. The summed E-state index contributed by atoms with van der Waals surface area (Å²) in [7, 11) is 0. The highest BCUT2D eigenvalue weighted by atomic mass is 32.1. The molecule has 0 aliphatic heterocycles. The van der Waals surface area contributed by atoms with Gasteiger partial charge in [-0.2, -0.15) is 13.2 Å². The van der Waals surface area contributed by atoms with Crippen molar-refractivity contribution in [1.82, 2.24) is 0 Å². The maximum Gasteiger partial charge on any atom is 0.412 e. The minimum atomic E-state index is -4.73. The number of halogens is 3. The van der Waals surface area contributed by atoms with Gasteiger partial charge < -0.3 is 0 Å². The van der Waals surface area contributed by atoms with Crippen LogP contribution in [0.3, 0.4) is 0 Å². The van der Waals surface area contributed by atoms with Crippen LogP contribution in [0.1, 0.15) is 32.9 Å². The van der Waals surface area contributed by atoms with E-state index in [0.29, 0.717) is 6.08 Å². The molecule has 0 aliphatic carbocycles. The third kappa shape index (κ3) is 5.09. The van der Waals surface area contributed by atoms with Crippen molar-refractivity contribution in [2.75, 3.05) is 0 Å². The topological polar surface area (TPSA) is 77.3 Å². The van der Waals surface area contributed by atoms with Crippen molar-refractivity contribution in [3.05, 3.63) is 74.0 Å². The fourth-order valence-corrected chi connectivity index (χ4v) is 2.75. The van der Waals surface area contributed by atoms with Crippen molar-refractivity contribution < 1.29 is 27.7 Å². The summed E-state index contributed by atoms with van der Waals surface area (Å²) in [5.41, 5.74) is -1.27. The van der Waals surface area contributed by atoms with Crippen molar-refractivity contribution in [3.63, 3.8) is 0 Å². The Labute approximate surface area is 149 Å². The highest BCUT2D eigenvalue weighted by Gasteiger charge is 2.35. The third-order valence-corrected chi connectivity index (χ3v) is 4.36. The molecule has 0 aliphatic rings. The zero-order chi connectivity index (χ0) is 19.3. The summed E-state index contributed by atoms with van der Waals surface area (Å²) in [6, 6.07) is 7.55. The number of nitro benzene ring substituents is 1. The van der Waals surface area contributed by atoms with Crippen molar-refractivity contribution in [2.45, 2.75) is 19.0 Å². The molecule has 1 heterocycles. The molecule has 2 rings (SSSR count). The van der Waals surface area contributed by atoms with Gasteiger partial charge in [0, 0.05) is 36.1 Å². The number of rotatable bonds is 7. The molecule has 1 aromatic carbocycles. The van der Waals surface area contributed by atoms with E-state index in [1.165, 1.54) is 18.2 Å². The van der Waals surface area contributed by atoms with E-state index in [1.54, 1.807) is 11.4 Å². The lowest BCUT2D eigenvalue weighted by atomic mass is 10.0. The maximum absolute atomic E-state index is 13.1. The van der Waals surface area contributed by atoms with Crippen LogP contribution >= 0.6 is 11.3 Å². The van der Waals surface area contributed by atoms with Gasteiger partial charge in [0.15, 0.2) is 11.6 Å². The normalized spacial score (nSPS) is 12.0. The van der Waals surface area contributed by atoms with Crippen LogP contribution in [0.15, 0.2) is 53.4 Å². The molecule has 0 saturated carbocycles. The van der Waals surface area contributed by atoms with Gasteiger partial charge in [0.05, 0.1) is 9.80 Å². The van der Waals surface area contributed by atoms with Crippen LogP contribution in [-0.2, 0) is 0 Å². The minimum absolute atomic E-state index is 0.0537. The van der Waals surface area contributed by atoms with Crippen LogP contribution in [0.5, 0.6) is 0 Å². The zero-order valence-corrected chi connectivity index (χ0v) is 14.0. The molecule has 136 valence electrons. The first-order valence-electron chi connectivity index (χ1n) is 7.29. The first-order chi connectivity index (χ1) is 12.2. The molecule has 2 aromatic rings. The molecule has 0 fully saturated rings. The predicted molar refractivity (Wildman–Crippen MR) is 89.4 cm³/mol. The Bertz CT molecular complexity index is 840. The van der Waals surface area contributed by atoms with Gasteiger partial charge in [0.1, 0.15) is 0 Å². The number of nitro groups is 1. The smallest absolute Gasteiger partial charge is 0.294 e. The van der Waals surface area contributed by atoms with Crippen molar-refractivity contribution in [1.29, 1.82) is 0 Å². The molecule has 0 radical (unpaired) electrons. The molecule has 26 heavy (non-hydrogen) atoms. The Morgan fingerprint density at radius 1 is 1.12 bits per heavy atom. The molecule has 9 heteroatoms. The van der Waals surface area contributed by atoms with E-state index in [1.807, 2.05) is 0 Å². The first-order valence-corrected chi connectivity index (χ1v) is 8.17. The largest absolute Gasteiger partial charge is 0.412 e. The number of non-ortho nitro benzene ring substituents is 1. The number of thiophene rings is 1. The van der Waals surface area contributed by atoms with Crippen LogP contribution in [-0.4, -0.2) is 22.7 Å². The molecule has 0 unspecified atom stereocenters. The Hall–Kier alpha value is -2.81. The number of ketones is 2. The van der Waals surface area contributed by atoms with Gasteiger partial charge in [-0.05, 0) is 23.6 Å². The Balaban J connectivity index is 2.13. The monoisotopic (exact) mass is 383 g/mol. The second-order valence-corrected chi connectivity index (χ2v) is 6.18. The summed E-state index contributed by atoms with van der Waals surface area (Å²) >= 11 is 1.04. The number of carbonyl (C=O) groups is 2. The van der Waals surface area contributed by atoms with Crippen LogP contribution < -0.4 is 0 Å². The fraction of sp³-hybridized carbons (Fsp3) is 0.176. The van der Waals surface area contributed by atoms with Gasteiger partial charge in [0.2, 0.25) is 0 Å². The van der Waals surface area contributed by atoms with E-state index in [-0.39, 0.29) is 16.1 Å². The highest BCUT2D eigenvalue weighted by Crippen LogP contribution is 2.30. The SMILES string of the molecule is O=C(C/C=C(/CC(=O)c1cccs1)C(F)(F)F)c1ccc([N+](=O)[O-])cc1. The number of alkyl halides is 3. The van der Waals surface area contributed by atoms with Crippen LogP contribution in [0.4, 0.5) is 18.9 Å². The summed E-state index contributed by atoms with van der Waals surface area (Å²) in [5, 5.41) is 12.1. The molecule has 5 nitrogen and oxygen atoms in total. The van der Waals surface area contributed by atoms with Gasteiger partial charge >= 0.3 is 6.18 Å². The van der Waals surface area contributed by atoms with E-state index < -0.39 is 41.1 Å². The van der Waals surface area contributed by atoms with Crippen LogP contribution in [0, 0.1) is 10.1 Å². The van der Waals surface area contributed by atoms with Gasteiger partial charge in [0.25, 0.3) is 5.69 Å². The molecule has 1 aromatic heterocycles. The van der Waals surface area contributed by atoms with Crippen molar-refractivity contribution in [2.24, 2.45) is 0 Å². The molecule has 0 saturated heterocycles. The van der Waals surface area contributed by atoms with Crippen LogP contribution in [0.2, 0.25) is 0 Å². The molecular formula is C17H12F3NO4S. The quantitative estimate of drug-likeness (QED) is 0.292. The molecule has 0 bridgehead atoms. The number of Topliss-reactive ketones (excluding diaryl/α,β-unsaturated/α-hetero) is 2. The Morgan fingerprint density at radius 3 is 2.27 bits per heavy atom. The maximum atomic E-state index is 13.1. The highest BCUT2D eigenvalue weighted by molar-refractivity contribution is 7.12. The summed E-state index contributed by atoms with van der Waals surface area (Å²) < 4.78 is 39.3. The summed E-state index contributed by atoms with van der Waals surface area (Å²) in [6.07, 6.45) is -5.46. The second-order valence-electron chi connectivity index (χ2n) is 5.24. The molecule has 0 atom stereocenters. The van der Waals surface area contributed by atoms with E-state index >= 15 is 0 Å². The van der Waals surface area contributed by atoms with E-state index in [4.69, 9.17) is 0 Å². The second kappa shape index (κ2) is 8.05. The predicted octanol–water partition coefficient (Wildman–Crippen LogP) is 4.99. The van der Waals surface area contributed by atoms with Gasteiger partial charge in [-0.25, -0.2) is 0 Å². The number of benzene rings is 1. The van der Waals surface area contributed by atoms with Gasteiger partial charge in [-0.1, -0.05) is 12.1 Å². The average molecular weight is 383 g/mol. The lowest BCUT2D eigenvalue weighted by molar-refractivity contribution is -0.384. The number of hydrogen-bond donors (Lipinski definition) is 0. The Kier molecular flexibility index (Phi) is 6.04. The standard InChI is InChI=1S/C17H12F3NO4S/c18-17(19,20)12(10-15(23)16-2-1-9-26-16)5-8-14(22)11-3-6-13(7-4-11)21(24)25/h1-7,9H,8,10H2/b12-5-. The zero-order valence-electron chi connectivity index (χ0n) is 13.2. The number of hydrogen-bond acceptors (Lipinski definition) is 5. The fourth-order valence-electron chi connectivity index (χ4n) is 2.09. The van der Waals surface area contributed by atoms with Gasteiger partial charge in [-0.15, -0.1) is 11.3 Å². The number of nitrogens with zero attached hydrogens (tertiary/aromatic N) is 1. The minimum Gasteiger partial charge on any atom is -0.294 e. The molecule has 0 spiro atoms. The van der Waals surface area contributed by atoms with E-state index in [2.05, 4.69) is 0 Å². The molecule has 0 amide bonds. The first kappa shape index (κ1) is 19.5. The molecule has 0 N–H and O–H groups in total. The third-order valence-electron chi connectivity index (χ3n) is 3.45. The van der Waals surface area contributed by atoms with E-state index in [0.717, 1.165) is 23.5 Å². The van der Waals surface area contributed by atoms with E-state index in [9.17, 15) is 32.9 Å². The lowest BCUT2D eigenvalue weighted by Crippen LogP contribution is -2.16. The summed E-state index contributed by atoms with van der Waals surface area (Å²) in [6.45, 7) is 0. The van der Waals surface area contributed by atoms with Crippen LogP contribution in [0.25, 0.3) is 0 Å². The lowest BCUT2D eigenvalue weighted by Gasteiger charge is -2.11. The Morgan fingerprint density at radius 2 is 1.77 bits per heavy atom.